The Kier molecular flexibility index (Phi) is 7.85. The van der Waals surface area contributed by atoms with Gasteiger partial charge < -0.3 is 31.9 Å². The topological polar surface area (TPSA) is 171 Å². The van der Waals surface area contributed by atoms with Crippen LogP contribution in [0.5, 0.6) is 0 Å². The van der Waals surface area contributed by atoms with Crippen LogP contribution in [0.2, 0.25) is 0 Å². The monoisotopic (exact) mass is 290 g/mol. The van der Waals surface area contributed by atoms with Crippen LogP contribution in [-0.2, 0) is 19.2 Å². The fourth-order valence-corrected chi connectivity index (χ4v) is 1.06. The lowest BCUT2D eigenvalue weighted by Crippen LogP contribution is -2.50. The van der Waals surface area contributed by atoms with Gasteiger partial charge in [-0.15, -0.1) is 0 Å². The molecule has 0 aromatic rings. The van der Waals surface area contributed by atoms with Gasteiger partial charge in [0.05, 0.1) is 13.2 Å². The van der Waals surface area contributed by atoms with Crippen molar-refractivity contribution in [2.75, 3.05) is 19.7 Å². The van der Waals surface area contributed by atoms with E-state index in [1.807, 2.05) is 0 Å². The highest BCUT2D eigenvalue weighted by molar-refractivity contribution is 5.91. The summed E-state index contributed by atoms with van der Waals surface area (Å²) in [5, 5.41) is 23.5. The second-order valence-electron chi connectivity index (χ2n) is 3.91. The third-order valence-corrected chi connectivity index (χ3v) is 2.14. The molecule has 10 nitrogen and oxygen atoms in total. The van der Waals surface area contributed by atoms with Crippen molar-refractivity contribution in [2.24, 2.45) is 5.73 Å². The Morgan fingerprint density at radius 3 is 2.15 bits per heavy atom. The minimum Gasteiger partial charge on any atom is -0.480 e. The van der Waals surface area contributed by atoms with E-state index < -0.39 is 55.5 Å². The summed E-state index contributed by atoms with van der Waals surface area (Å²) in [7, 11) is 0. The maximum atomic E-state index is 11.4. The Hall–Kier alpha value is -2.20. The zero-order chi connectivity index (χ0) is 15.7. The van der Waals surface area contributed by atoms with Crippen LogP contribution >= 0.6 is 0 Å². The van der Waals surface area contributed by atoms with E-state index in [1.165, 1.54) is 6.92 Å². The van der Waals surface area contributed by atoms with Gasteiger partial charge in [0.25, 0.3) is 0 Å². The van der Waals surface area contributed by atoms with Crippen LogP contribution < -0.4 is 21.7 Å². The van der Waals surface area contributed by atoms with Crippen molar-refractivity contribution in [3.63, 3.8) is 0 Å². The standard InChI is InChI=1S/C10H18N4O6/c1-5(9(19)13-3-8(17)18)14-7(16)2-12-10(20)6(11)4-15/h5-6,15H,2-4,11H2,1H3,(H,12,20)(H,13,19)(H,14,16)(H,17,18). The summed E-state index contributed by atoms with van der Waals surface area (Å²) in [6.07, 6.45) is 0. The molecule has 2 unspecified atom stereocenters. The van der Waals surface area contributed by atoms with Crippen molar-refractivity contribution in [1.82, 2.24) is 16.0 Å². The molecule has 0 spiro atoms. The third-order valence-electron chi connectivity index (χ3n) is 2.14. The van der Waals surface area contributed by atoms with Gasteiger partial charge in [-0.1, -0.05) is 0 Å². The van der Waals surface area contributed by atoms with Crippen LogP contribution in [0.3, 0.4) is 0 Å². The number of aliphatic hydroxyl groups excluding tert-OH is 1. The minimum atomic E-state index is -1.21. The summed E-state index contributed by atoms with van der Waals surface area (Å²) in [6.45, 7) is -0.165. The average Bonchev–Trinajstić information content (AvgIpc) is 2.40. The van der Waals surface area contributed by atoms with E-state index in [2.05, 4.69) is 16.0 Å². The summed E-state index contributed by atoms with van der Waals surface area (Å²) >= 11 is 0. The number of hydrogen-bond acceptors (Lipinski definition) is 6. The lowest BCUT2D eigenvalue weighted by atomic mass is 10.3. The molecule has 0 saturated carbocycles. The fourth-order valence-electron chi connectivity index (χ4n) is 1.06. The van der Waals surface area contributed by atoms with Crippen molar-refractivity contribution in [1.29, 1.82) is 0 Å². The molecule has 0 aromatic heterocycles. The number of rotatable bonds is 8. The molecule has 0 radical (unpaired) electrons. The van der Waals surface area contributed by atoms with Crippen LogP contribution in [0, 0.1) is 0 Å². The van der Waals surface area contributed by atoms with Gasteiger partial charge in [-0.3, -0.25) is 19.2 Å². The number of hydrogen-bond donors (Lipinski definition) is 6. The number of aliphatic carboxylic acids is 1. The van der Waals surface area contributed by atoms with E-state index in [4.69, 9.17) is 15.9 Å². The maximum Gasteiger partial charge on any atom is 0.322 e. The smallest absolute Gasteiger partial charge is 0.322 e. The number of nitrogens with two attached hydrogens (primary N) is 1. The number of carboxylic acid groups (broad SMARTS) is 1. The van der Waals surface area contributed by atoms with Gasteiger partial charge in [-0.2, -0.15) is 0 Å². The van der Waals surface area contributed by atoms with Gasteiger partial charge in [0.15, 0.2) is 0 Å². The van der Waals surface area contributed by atoms with Crippen molar-refractivity contribution >= 4 is 23.7 Å². The molecule has 7 N–H and O–H groups in total. The molecular formula is C10H18N4O6. The van der Waals surface area contributed by atoms with Gasteiger partial charge in [0.1, 0.15) is 18.6 Å². The Labute approximate surface area is 114 Å². The molecule has 0 saturated heterocycles. The van der Waals surface area contributed by atoms with Crippen molar-refractivity contribution in [3.8, 4) is 0 Å². The number of aliphatic hydroxyl groups is 1. The average molecular weight is 290 g/mol. The second kappa shape index (κ2) is 8.82. The van der Waals surface area contributed by atoms with Crippen molar-refractivity contribution in [2.45, 2.75) is 19.0 Å². The molecule has 20 heavy (non-hydrogen) atoms. The van der Waals surface area contributed by atoms with Crippen molar-refractivity contribution in [3.05, 3.63) is 0 Å². The summed E-state index contributed by atoms with van der Waals surface area (Å²) in [6, 6.07) is -2.08. The minimum absolute atomic E-state index is 0.414. The van der Waals surface area contributed by atoms with Crippen LogP contribution in [-0.4, -0.2) is 65.7 Å². The van der Waals surface area contributed by atoms with E-state index in [0.29, 0.717) is 0 Å². The molecule has 0 bridgehead atoms. The first kappa shape index (κ1) is 17.8. The number of carbonyl (C=O) groups is 4. The number of amides is 3. The summed E-state index contributed by atoms with van der Waals surface area (Å²) in [5.74, 6) is -3.23. The molecule has 0 rings (SSSR count). The van der Waals surface area contributed by atoms with Gasteiger partial charge in [0, 0.05) is 0 Å². The molecule has 0 aliphatic rings. The van der Waals surface area contributed by atoms with Crippen LogP contribution in [0.25, 0.3) is 0 Å². The molecule has 0 aliphatic heterocycles. The van der Waals surface area contributed by atoms with Gasteiger partial charge >= 0.3 is 5.97 Å². The molecule has 0 heterocycles. The first-order chi connectivity index (χ1) is 9.27. The second-order valence-corrected chi connectivity index (χ2v) is 3.91. The molecule has 0 aromatic carbocycles. The highest BCUT2D eigenvalue weighted by Crippen LogP contribution is 1.83. The van der Waals surface area contributed by atoms with Crippen molar-refractivity contribution < 1.29 is 29.4 Å². The summed E-state index contributed by atoms with van der Waals surface area (Å²) < 4.78 is 0. The van der Waals surface area contributed by atoms with E-state index in [9.17, 15) is 19.2 Å². The zero-order valence-corrected chi connectivity index (χ0v) is 10.9. The quantitative estimate of drug-likeness (QED) is 0.265. The van der Waals surface area contributed by atoms with Gasteiger partial charge in [-0.05, 0) is 6.92 Å². The normalized spacial score (nSPS) is 12.9. The number of carbonyl (C=O) groups excluding carboxylic acids is 3. The molecule has 2 atom stereocenters. The van der Waals surface area contributed by atoms with Gasteiger partial charge in [0.2, 0.25) is 17.7 Å². The summed E-state index contributed by atoms with van der Waals surface area (Å²) in [5.41, 5.74) is 5.21. The van der Waals surface area contributed by atoms with Crippen LogP contribution in [0.15, 0.2) is 0 Å². The molecular weight excluding hydrogens is 272 g/mol. The zero-order valence-electron chi connectivity index (χ0n) is 10.9. The highest BCUT2D eigenvalue weighted by atomic mass is 16.4. The number of nitrogens with one attached hydrogen (secondary N) is 3. The fraction of sp³-hybridized carbons (Fsp3) is 0.600. The molecule has 0 fully saturated rings. The SMILES string of the molecule is CC(NC(=O)CNC(=O)C(N)CO)C(=O)NCC(=O)O. The van der Waals surface area contributed by atoms with Crippen LogP contribution in [0.4, 0.5) is 0 Å². The lowest BCUT2D eigenvalue weighted by molar-refractivity contribution is -0.138. The Morgan fingerprint density at radius 2 is 1.65 bits per heavy atom. The molecule has 3 amide bonds. The predicted molar refractivity (Wildman–Crippen MR) is 66.3 cm³/mol. The Balaban J connectivity index is 4.04. The first-order valence-corrected chi connectivity index (χ1v) is 5.71. The Bertz CT molecular complexity index is 386. The lowest BCUT2D eigenvalue weighted by Gasteiger charge is -2.14. The van der Waals surface area contributed by atoms with E-state index in [1.54, 1.807) is 0 Å². The predicted octanol–water partition coefficient (Wildman–Crippen LogP) is -3.87. The molecule has 10 heteroatoms. The number of carboxylic acids is 1. The maximum absolute atomic E-state index is 11.4. The van der Waals surface area contributed by atoms with E-state index in [0.717, 1.165) is 0 Å². The Morgan fingerprint density at radius 1 is 1.10 bits per heavy atom. The molecule has 0 aliphatic carbocycles. The van der Waals surface area contributed by atoms with E-state index in [-0.39, 0.29) is 0 Å². The molecule has 114 valence electrons. The van der Waals surface area contributed by atoms with Gasteiger partial charge in [-0.25, -0.2) is 0 Å². The van der Waals surface area contributed by atoms with E-state index >= 15 is 0 Å². The highest BCUT2D eigenvalue weighted by Gasteiger charge is 2.17. The first-order valence-electron chi connectivity index (χ1n) is 5.71. The third kappa shape index (κ3) is 7.28. The largest absolute Gasteiger partial charge is 0.480 e. The van der Waals surface area contributed by atoms with Crippen LogP contribution in [0.1, 0.15) is 6.92 Å². The summed E-state index contributed by atoms with van der Waals surface area (Å²) in [4.78, 5) is 44.1.